The molecule has 11 heteroatoms. The van der Waals surface area contributed by atoms with Crippen molar-refractivity contribution in [1.29, 1.82) is 0 Å². The summed E-state index contributed by atoms with van der Waals surface area (Å²) in [5, 5.41) is 16.5. The fourth-order valence-electron chi connectivity index (χ4n) is 4.44. The van der Waals surface area contributed by atoms with Gasteiger partial charge >= 0.3 is 0 Å². The van der Waals surface area contributed by atoms with E-state index in [-0.39, 0.29) is 23.6 Å². The Morgan fingerprint density at radius 1 is 1.00 bits per heavy atom. The number of imidazole rings is 1. The van der Waals surface area contributed by atoms with Gasteiger partial charge in [0.1, 0.15) is 0 Å². The number of hydrogen-bond acceptors (Lipinski definition) is 8. The molecule has 10 nitrogen and oxygen atoms in total. The summed E-state index contributed by atoms with van der Waals surface area (Å²) in [6.45, 7) is 2.96. The molecule has 0 atom stereocenters. The van der Waals surface area contributed by atoms with E-state index in [1.54, 1.807) is 30.6 Å². The fraction of sp³-hybridized carbons (Fsp3) is 0.346. The van der Waals surface area contributed by atoms with Gasteiger partial charge in [0.2, 0.25) is 16.0 Å². The van der Waals surface area contributed by atoms with Crippen LogP contribution in [0, 0.1) is 0 Å². The number of nitrogens with one attached hydrogen (secondary N) is 3. The molecule has 5 rings (SSSR count). The maximum absolute atomic E-state index is 12.8. The highest BCUT2D eigenvalue weighted by Crippen LogP contribution is 2.27. The van der Waals surface area contributed by atoms with Crippen LogP contribution in [-0.2, 0) is 23.1 Å². The Bertz CT molecular complexity index is 1450. The molecule has 4 N–H and O–H groups in total. The molecule has 0 bridgehead atoms. The molecule has 0 radical (unpaired) electrons. The topological polar surface area (TPSA) is 134 Å². The van der Waals surface area contributed by atoms with Crippen molar-refractivity contribution in [3.05, 3.63) is 66.5 Å². The van der Waals surface area contributed by atoms with E-state index in [0.717, 1.165) is 31.2 Å². The first kappa shape index (κ1) is 25.1. The van der Waals surface area contributed by atoms with E-state index in [1.165, 1.54) is 0 Å². The number of aliphatic hydroxyl groups is 1. The third-order valence-electron chi connectivity index (χ3n) is 6.57. The second-order valence-corrected chi connectivity index (χ2v) is 11.0. The fourth-order valence-corrected chi connectivity index (χ4v) is 5.46. The van der Waals surface area contributed by atoms with E-state index in [0.29, 0.717) is 35.2 Å². The lowest BCUT2D eigenvalue weighted by molar-refractivity contribution is 0.126. The lowest BCUT2D eigenvalue weighted by Crippen LogP contribution is -2.29. The zero-order chi connectivity index (χ0) is 25.8. The van der Waals surface area contributed by atoms with Gasteiger partial charge in [0.15, 0.2) is 17.0 Å². The number of fused-ring (bicyclic) bond motifs is 1. The highest BCUT2D eigenvalue weighted by molar-refractivity contribution is 7.89. The average Bonchev–Trinajstić information content (AvgIpc) is 3.33. The maximum Gasteiger partial charge on any atom is 0.240 e. The second-order valence-electron chi connectivity index (χ2n) is 9.21. The van der Waals surface area contributed by atoms with Crippen LogP contribution in [-0.4, -0.2) is 45.2 Å². The van der Waals surface area contributed by atoms with Gasteiger partial charge in [0, 0.05) is 24.8 Å². The average molecular weight is 522 g/mol. The van der Waals surface area contributed by atoms with Crippen LogP contribution in [0.2, 0.25) is 0 Å². The highest BCUT2D eigenvalue weighted by Gasteiger charge is 2.21. The Morgan fingerprint density at radius 3 is 2.43 bits per heavy atom. The number of anilines is 3. The first-order chi connectivity index (χ1) is 17.9. The van der Waals surface area contributed by atoms with E-state index in [9.17, 15) is 13.5 Å². The highest BCUT2D eigenvalue weighted by atomic mass is 32.2. The number of rotatable bonds is 9. The molecular formula is C26H31N7O3S. The summed E-state index contributed by atoms with van der Waals surface area (Å²) in [6.07, 6.45) is 4.72. The summed E-state index contributed by atoms with van der Waals surface area (Å²) < 4.78 is 30.1. The first-order valence-corrected chi connectivity index (χ1v) is 14.0. The van der Waals surface area contributed by atoms with Gasteiger partial charge in [0.05, 0.1) is 17.3 Å². The van der Waals surface area contributed by atoms with Crippen LogP contribution in [0.25, 0.3) is 11.2 Å². The van der Waals surface area contributed by atoms with E-state index in [1.807, 2.05) is 41.8 Å². The molecule has 2 aromatic heterocycles. The SMILES string of the molecule is CCn1cnc2c(Nc3ccc(S(=O)(=O)NCc4ccccc4)cc3)nc(N[C@H]3CC[C@H](O)CC3)nc21. The summed E-state index contributed by atoms with van der Waals surface area (Å²) in [5.74, 6) is 1.03. The molecule has 1 fully saturated rings. The summed E-state index contributed by atoms with van der Waals surface area (Å²) in [4.78, 5) is 14.1. The van der Waals surface area contributed by atoms with E-state index < -0.39 is 10.0 Å². The van der Waals surface area contributed by atoms with Gasteiger partial charge in [-0.25, -0.2) is 18.1 Å². The van der Waals surface area contributed by atoms with Gasteiger partial charge in [-0.15, -0.1) is 0 Å². The van der Waals surface area contributed by atoms with Gasteiger partial charge in [-0.2, -0.15) is 9.97 Å². The molecule has 0 unspecified atom stereocenters. The number of sulfonamides is 1. The normalized spacial score (nSPS) is 18.1. The number of benzene rings is 2. The summed E-state index contributed by atoms with van der Waals surface area (Å²) in [6, 6.07) is 16.1. The molecule has 2 heterocycles. The number of aryl methyl sites for hydroxylation is 1. The first-order valence-electron chi connectivity index (χ1n) is 12.5. The molecule has 1 aliphatic rings. The molecule has 194 valence electrons. The molecule has 0 spiro atoms. The van der Waals surface area contributed by atoms with E-state index in [2.05, 4.69) is 25.3 Å². The molecular weight excluding hydrogens is 490 g/mol. The van der Waals surface area contributed by atoms with Crippen molar-refractivity contribution in [2.45, 2.75) is 62.7 Å². The smallest absolute Gasteiger partial charge is 0.240 e. The van der Waals surface area contributed by atoms with Gasteiger partial charge < -0.3 is 20.3 Å². The van der Waals surface area contributed by atoms with E-state index in [4.69, 9.17) is 4.98 Å². The zero-order valence-corrected chi connectivity index (χ0v) is 21.4. The van der Waals surface area contributed by atoms with Crippen LogP contribution >= 0.6 is 0 Å². The standard InChI is InChI=1S/C26H31N7O3S/c1-2-33-17-27-23-24(31-26(32-25(23)33)30-20-8-12-21(34)13-9-20)29-19-10-14-22(15-11-19)37(35,36)28-16-18-6-4-3-5-7-18/h3-7,10-11,14-15,17,20-21,28,34H,2,8-9,12-13,16H2,1H3,(H2,29,30,31,32)/t20-,21-. The molecule has 4 aromatic rings. The summed E-state index contributed by atoms with van der Waals surface area (Å²) in [7, 11) is -3.66. The van der Waals surface area contributed by atoms with Crippen molar-refractivity contribution in [2.75, 3.05) is 10.6 Å². The van der Waals surface area contributed by atoms with Crippen molar-refractivity contribution in [1.82, 2.24) is 24.2 Å². The van der Waals surface area contributed by atoms with Crippen LogP contribution < -0.4 is 15.4 Å². The Balaban J connectivity index is 1.34. The number of aliphatic hydroxyl groups excluding tert-OH is 1. The maximum atomic E-state index is 12.8. The second kappa shape index (κ2) is 10.8. The minimum Gasteiger partial charge on any atom is -0.393 e. The Labute approximate surface area is 216 Å². The predicted molar refractivity (Wildman–Crippen MR) is 143 cm³/mol. The van der Waals surface area contributed by atoms with Gasteiger partial charge in [-0.05, 0) is 62.4 Å². The van der Waals surface area contributed by atoms with Crippen molar-refractivity contribution in [3.8, 4) is 0 Å². The van der Waals surface area contributed by atoms with Crippen molar-refractivity contribution in [3.63, 3.8) is 0 Å². The third kappa shape index (κ3) is 5.90. The molecule has 0 amide bonds. The third-order valence-corrected chi connectivity index (χ3v) is 7.99. The lowest BCUT2D eigenvalue weighted by Gasteiger charge is -2.26. The van der Waals surface area contributed by atoms with E-state index >= 15 is 0 Å². The molecule has 0 aliphatic heterocycles. The quantitative estimate of drug-likeness (QED) is 0.261. The minimum atomic E-state index is -3.66. The van der Waals surface area contributed by atoms with Crippen LogP contribution in [0.15, 0.2) is 65.8 Å². The molecule has 37 heavy (non-hydrogen) atoms. The zero-order valence-electron chi connectivity index (χ0n) is 20.6. The minimum absolute atomic E-state index is 0.180. The molecule has 1 aliphatic carbocycles. The van der Waals surface area contributed by atoms with Crippen LogP contribution in [0.4, 0.5) is 17.5 Å². The van der Waals surface area contributed by atoms with Crippen molar-refractivity contribution in [2.24, 2.45) is 0 Å². The van der Waals surface area contributed by atoms with Gasteiger partial charge in [-0.1, -0.05) is 30.3 Å². The van der Waals surface area contributed by atoms with Crippen molar-refractivity contribution < 1.29 is 13.5 Å². The van der Waals surface area contributed by atoms with Crippen LogP contribution in [0.3, 0.4) is 0 Å². The largest absolute Gasteiger partial charge is 0.393 e. The Morgan fingerprint density at radius 2 is 1.73 bits per heavy atom. The predicted octanol–water partition coefficient (Wildman–Crippen LogP) is 3.78. The Hall–Kier alpha value is -3.54. The van der Waals surface area contributed by atoms with Crippen LogP contribution in [0.5, 0.6) is 0 Å². The number of aromatic nitrogens is 4. The monoisotopic (exact) mass is 521 g/mol. The van der Waals surface area contributed by atoms with Crippen molar-refractivity contribution >= 4 is 38.6 Å². The molecule has 1 saturated carbocycles. The Kier molecular flexibility index (Phi) is 7.36. The van der Waals surface area contributed by atoms with Gasteiger partial charge in [0.25, 0.3) is 0 Å². The van der Waals surface area contributed by atoms with Crippen LogP contribution in [0.1, 0.15) is 38.2 Å². The summed E-state index contributed by atoms with van der Waals surface area (Å²) >= 11 is 0. The molecule has 0 saturated heterocycles. The molecule has 2 aromatic carbocycles. The summed E-state index contributed by atoms with van der Waals surface area (Å²) in [5.41, 5.74) is 2.91. The van der Waals surface area contributed by atoms with Gasteiger partial charge in [-0.3, -0.25) is 0 Å². The number of hydrogen-bond donors (Lipinski definition) is 4. The lowest BCUT2D eigenvalue weighted by atomic mass is 9.93. The number of nitrogens with zero attached hydrogens (tertiary/aromatic N) is 4.